The van der Waals surface area contributed by atoms with Gasteiger partial charge in [-0.1, -0.05) is 0 Å². The minimum atomic E-state index is -0.516. The summed E-state index contributed by atoms with van der Waals surface area (Å²) in [6.45, 7) is 8.88. The lowest BCUT2D eigenvalue weighted by atomic mass is 9.79. The molecule has 10 nitrogen and oxygen atoms in total. The number of phenolic OH excluding ortho intramolecular Hbond substituents is 1. The maximum absolute atomic E-state index is 10.9. The number of nitrogens with one attached hydrogen (secondary N) is 1. The van der Waals surface area contributed by atoms with Gasteiger partial charge in [0, 0.05) is 35.8 Å². The summed E-state index contributed by atoms with van der Waals surface area (Å²) in [6.07, 6.45) is 4.44. The van der Waals surface area contributed by atoms with E-state index in [1.54, 1.807) is 12.1 Å². The number of hydrogen-bond donors (Lipinski definition) is 2. The molecule has 3 heterocycles. The van der Waals surface area contributed by atoms with E-state index in [0.29, 0.717) is 23.0 Å². The molecule has 4 rings (SSSR count). The van der Waals surface area contributed by atoms with E-state index in [1.807, 2.05) is 19.2 Å². The predicted molar refractivity (Wildman–Crippen MR) is 147 cm³/mol. The second kappa shape index (κ2) is 11.6. The van der Waals surface area contributed by atoms with E-state index in [1.165, 1.54) is 16.9 Å². The first-order valence-corrected chi connectivity index (χ1v) is 10.8. The third kappa shape index (κ3) is 6.76. The smallest absolute Gasteiger partial charge is 0.307 e. The first-order chi connectivity index (χ1) is 15.4. The van der Waals surface area contributed by atoms with Gasteiger partial charge in [0.2, 0.25) is 0 Å². The van der Waals surface area contributed by atoms with Crippen molar-refractivity contribution >= 4 is 48.7 Å². The molecular formula is C23H32Cl3N7O3. The SMILES string of the molecule is CN(c1ccc(-c2ccc(-n3cc([N+](=O)[O-])cn3)cc2O)nn1)C1CC(C)(C)NC(C)(C)C1.Cl.Cl.Cl. The lowest BCUT2D eigenvalue weighted by molar-refractivity contribution is -0.384. The molecule has 1 aliphatic rings. The minimum Gasteiger partial charge on any atom is -0.507 e. The number of nitrogens with zero attached hydrogens (tertiary/aromatic N) is 6. The van der Waals surface area contributed by atoms with Gasteiger partial charge in [-0.25, -0.2) is 4.68 Å². The lowest BCUT2D eigenvalue weighted by Crippen LogP contribution is -2.62. The Morgan fingerprint density at radius 3 is 2.22 bits per heavy atom. The van der Waals surface area contributed by atoms with E-state index in [0.717, 1.165) is 24.9 Å². The Labute approximate surface area is 228 Å². The largest absolute Gasteiger partial charge is 0.507 e. The first-order valence-electron chi connectivity index (χ1n) is 10.8. The average Bonchev–Trinajstić information content (AvgIpc) is 3.22. The Bertz CT molecular complexity index is 1170. The Balaban J connectivity index is 0.00000216. The fourth-order valence-corrected chi connectivity index (χ4v) is 4.81. The zero-order valence-corrected chi connectivity index (χ0v) is 23.2. The quantitative estimate of drug-likeness (QED) is 0.332. The number of benzene rings is 1. The zero-order valence-electron chi connectivity index (χ0n) is 20.7. The number of halogens is 3. The van der Waals surface area contributed by atoms with Crippen LogP contribution in [0.15, 0.2) is 42.7 Å². The average molecular weight is 561 g/mol. The van der Waals surface area contributed by atoms with Gasteiger partial charge in [-0.3, -0.25) is 10.1 Å². The van der Waals surface area contributed by atoms with E-state index >= 15 is 0 Å². The summed E-state index contributed by atoms with van der Waals surface area (Å²) in [6, 6.07) is 8.98. The Hall–Kier alpha value is -2.66. The third-order valence-corrected chi connectivity index (χ3v) is 6.03. The van der Waals surface area contributed by atoms with Crippen molar-refractivity contribution < 1.29 is 10.0 Å². The number of aromatic nitrogens is 4. The molecule has 1 aromatic carbocycles. The highest BCUT2D eigenvalue weighted by Crippen LogP contribution is 2.34. The van der Waals surface area contributed by atoms with Crippen molar-refractivity contribution in [1.82, 2.24) is 25.3 Å². The second-order valence-corrected chi connectivity index (χ2v) is 9.94. The van der Waals surface area contributed by atoms with Crippen LogP contribution in [0.1, 0.15) is 40.5 Å². The van der Waals surface area contributed by atoms with E-state index in [9.17, 15) is 15.2 Å². The van der Waals surface area contributed by atoms with Gasteiger partial charge in [0.1, 0.15) is 18.1 Å². The van der Waals surface area contributed by atoms with Crippen LogP contribution in [-0.4, -0.2) is 54.2 Å². The summed E-state index contributed by atoms with van der Waals surface area (Å²) in [5, 5.41) is 37.9. The molecule has 13 heteroatoms. The second-order valence-electron chi connectivity index (χ2n) is 9.94. The van der Waals surface area contributed by atoms with Crippen molar-refractivity contribution in [3.8, 4) is 22.7 Å². The van der Waals surface area contributed by atoms with Crippen molar-refractivity contribution in [2.24, 2.45) is 0 Å². The molecule has 0 atom stereocenters. The zero-order chi connectivity index (χ0) is 24.0. The van der Waals surface area contributed by atoms with Crippen LogP contribution in [0.3, 0.4) is 0 Å². The molecule has 0 aliphatic carbocycles. The van der Waals surface area contributed by atoms with E-state index < -0.39 is 4.92 Å². The van der Waals surface area contributed by atoms with Crippen LogP contribution in [0.5, 0.6) is 5.75 Å². The van der Waals surface area contributed by atoms with Crippen LogP contribution in [0.4, 0.5) is 11.5 Å². The van der Waals surface area contributed by atoms with Gasteiger partial charge < -0.3 is 15.3 Å². The minimum absolute atomic E-state index is 0. The van der Waals surface area contributed by atoms with Gasteiger partial charge >= 0.3 is 5.69 Å². The molecule has 1 saturated heterocycles. The molecule has 1 aliphatic heterocycles. The number of nitro groups is 1. The monoisotopic (exact) mass is 559 g/mol. The van der Waals surface area contributed by atoms with Gasteiger partial charge in [0.25, 0.3) is 0 Å². The predicted octanol–water partition coefficient (Wildman–Crippen LogP) is 4.95. The van der Waals surface area contributed by atoms with Crippen molar-refractivity contribution in [3.63, 3.8) is 0 Å². The third-order valence-electron chi connectivity index (χ3n) is 6.03. The summed E-state index contributed by atoms with van der Waals surface area (Å²) in [5.74, 6) is 0.764. The molecule has 0 radical (unpaired) electrons. The standard InChI is InChI=1S/C23H29N7O3.3ClH/c1-22(2)11-16(12-23(3,4)27-22)28(5)21-9-8-19(25-26-21)18-7-6-15(10-20(18)31)29-14-17(13-24-29)30(32)33;;;/h6-10,13-14,16,27,31H,11-12H2,1-5H3;3*1H. The highest BCUT2D eigenvalue weighted by atomic mass is 35.5. The van der Waals surface area contributed by atoms with Crippen LogP contribution < -0.4 is 10.2 Å². The van der Waals surface area contributed by atoms with Crippen molar-refractivity contribution in [2.75, 3.05) is 11.9 Å². The number of piperidine rings is 1. The van der Waals surface area contributed by atoms with Crippen LogP contribution in [0, 0.1) is 10.1 Å². The molecule has 198 valence electrons. The summed E-state index contributed by atoms with van der Waals surface area (Å²) < 4.78 is 1.34. The topological polar surface area (TPSA) is 122 Å². The van der Waals surface area contributed by atoms with Gasteiger partial charge in [0.05, 0.1) is 16.3 Å². The highest BCUT2D eigenvalue weighted by molar-refractivity contribution is 5.86. The Morgan fingerprint density at radius 1 is 1.08 bits per heavy atom. The summed E-state index contributed by atoms with van der Waals surface area (Å²) in [4.78, 5) is 12.5. The normalized spacial score (nSPS) is 16.1. The van der Waals surface area contributed by atoms with Crippen LogP contribution in [0.25, 0.3) is 16.9 Å². The molecule has 0 saturated carbocycles. The highest BCUT2D eigenvalue weighted by Gasteiger charge is 2.39. The van der Waals surface area contributed by atoms with Gasteiger partial charge in [0.15, 0.2) is 5.82 Å². The number of rotatable bonds is 5. The first kappa shape index (κ1) is 31.4. The van der Waals surface area contributed by atoms with Crippen LogP contribution in [0.2, 0.25) is 0 Å². The molecule has 2 aromatic heterocycles. The van der Waals surface area contributed by atoms with Gasteiger partial charge in [-0.05, 0) is 64.8 Å². The van der Waals surface area contributed by atoms with Crippen LogP contribution in [-0.2, 0) is 0 Å². The van der Waals surface area contributed by atoms with Crippen molar-refractivity contribution in [1.29, 1.82) is 0 Å². The number of hydrogen-bond acceptors (Lipinski definition) is 8. The van der Waals surface area contributed by atoms with Gasteiger partial charge in [-0.15, -0.1) is 47.4 Å². The number of aromatic hydroxyl groups is 1. The van der Waals surface area contributed by atoms with Crippen molar-refractivity contribution in [2.45, 2.75) is 57.7 Å². The van der Waals surface area contributed by atoms with E-state index in [4.69, 9.17) is 0 Å². The molecular weight excluding hydrogens is 529 g/mol. The van der Waals surface area contributed by atoms with E-state index in [-0.39, 0.29) is 59.7 Å². The molecule has 0 bridgehead atoms. The van der Waals surface area contributed by atoms with Crippen molar-refractivity contribution in [3.05, 3.63) is 52.8 Å². The number of phenols is 1. The molecule has 0 unspecified atom stereocenters. The summed E-state index contributed by atoms with van der Waals surface area (Å²) in [7, 11) is 2.04. The summed E-state index contributed by atoms with van der Waals surface area (Å²) in [5.41, 5.74) is 1.49. The molecule has 2 N–H and O–H groups in total. The number of anilines is 1. The van der Waals surface area contributed by atoms with Crippen LogP contribution >= 0.6 is 37.2 Å². The molecule has 0 amide bonds. The summed E-state index contributed by atoms with van der Waals surface area (Å²) >= 11 is 0. The fraction of sp³-hybridized carbons (Fsp3) is 0.435. The fourth-order valence-electron chi connectivity index (χ4n) is 4.81. The van der Waals surface area contributed by atoms with Gasteiger partial charge in [-0.2, -0.15) is 5.10 Å². The maximum atomic E-state index is 10.9. The molecule has 36 heavy (non-hydrogen) atoms. The molecule has 0 spiro atoms. The molecule has 3 aromatic rings. The Morgan fingerprint density at radius 2 is 1.72 bits per heavy atom. The lowest BCUT2D eigenvalue weighted by Gasteiger charge is -2.49. The Kier molecular flexibility index (Phi) is 10.1. The van der Waals surface area contributed by atoms with E-state index in [2.05, 4.69) is 53.2 Å². The maximum Gasteiger partial charge on any atom is 0.307 e. The molecule has 1 fully saturated rings.